The van der Waals surface area contributed by atoms with Crippen molar-refractivity contribution in [2.45, 2.75) is 51.6 Å². The molecule has 0 N–H and O–H groups in total. The number of ether oxygens (including phenoxy) is 1. The van der Waals surface area contributed by atoms with Gasteiger partial charge in [0.15, 0.2) is 0 Å². The highest BCUT2D eigenvalue weighted by Gasteiger charge is 2.14. The predicted molar refractivity (Wildman–Crippen MR) is 52.2 cm³/mol. The van der Waals surface area contributed by atoms with Crippen molar-refractivity contribution in [1.82, 2.24) is 0 Å². The molecule has 0 spiro atoms. The maximum absolute atomic E-state index is 8.44. The first-order valence-electron chi connectivity index (χ1n) is 5.31. The van der Waals surface area contributed by atoms with Crippen molar-refractivity contribution < 1.29 is 4.74 Å². The van der Waals surface area contributed by atoms with E-state index < -0.39 is 0 Å². The molecule has 1 aliphatic carbocycles. The molecule has 1 saturated carbocycles. The zero-order valence-corrected chi connectivity index (χ0v) is 8.46. The third-order valence-electron chi connectivity index (χ3n) is 2.72. The summed E-state index contributed by atoms with van der Waals surface area (Å²) in [5.74, 6) is 0.759. The summed E-state index contributed by atoms with van der Waals surface area (Å²) in [6.07, 6.45) is 7.39. The Morgan fingerprint density at radius 2 is 2.08 bits per heavy atom. The van der Waals surface area contributed by atoms with Crippen LogP contribution in [0.3, 0.4) is 0 Å². The minimum atomic E-state index is 0.118. The van der Waals surface area contributed by atoms with E-state index in [1.165, 1.54) is 32.1 Å². The number of hydrogen-bond donors (Lipinski definition) is 0. The lowest BCUT2D eigenvalue weighted by Gasteiger charge is -2.22. The zero-order valence-electron chi connectivity index (χ0n) is 8.46. The van der Waals surface area contributed by atoms with Crippen LogP contribution in [0.5, 0.6) is 0 Å². The van der Waals surface area contributed by atoms with Crippen molar-refractivity contribution in [3.8, 4) is 6.07 Å². The van der Waals surface area contributed by atoms with Gasteiger partial charge in [0.05, 0.1) is 18.6 Å². The molecule has 2 nitrogen and oxygen atoms in total. The van der Waals surface area contributed by atoms with Gasteiger partial charge in [0.2, 0.25) is 0 Å². The maximum Gasteiger partial charge on any atom is 0.0676 e. The Labute approximate surface area is 80.9 Å². The van der Waals surface area contributed by atoms with E-state index in [0.29, 0.717) is 6.42 Å². The highest BCUT2D eigenvalue weighted by molar-refractivity contribution is 4.74. The number of nitrogens with zero attached hydrogens (tertiary/aromatic N) is 1. The lowest BCUT2D eigenvalue weighted by molar-refractivity contribution is 0.0338. The van der Waals surface area contributed by atoms with Gasteiger partial charge in [0.1, 0.15) is 0 Å². The fourth-order valence-corrected chi connectivity index (χ4v) is 1.84. The Bertz CT molecular complexity index is 167. The van der Waals surface area contributed by atoms with Crippen molar-refractivity contribution in [2.24, 2.45) is 5.92 Å². The summed E-state index contributed by atoms with van der Waals surface area (Å²) in [5.41, 5.74) is 0. The summed E-state index contributed by atoms with van der Waals surface area (Å²) in [5, 5.41) is 8.44. The molecule has 0 aromatic rings. The molecular weight excluding hydrogens is 162 g/mol. The summed E-state index contributed by atoms with van der Waals surface area (Å²) in [6, 6.07) is 2.13. The molecule has 74 valence electrons. The molecule has 0 amide bonds. The Balaban J connectivity index is 2.07. The molecule has 1 fully saturated rings. The largest absolute Gasteiger partial charge is 0.377 e. The Hall–Kier alpha value is -0.550. The van der Waals surface area contributed by atoms with Crippen LogP contribution in [0.1, 0.15) is 45.4 Å². The van der Waals surface area contributed by atoms with Gasteiger partial charge in [-0.1, -0.05) is 19.3 Å². The molecule has 1 aliphatic rings. The zero-order chi connectivity index (χ0) is 9.52. The maximum atomic E-state index is 8.44. The van der Waals surface area contributed by atoms with E-state index in [1.807, 2.05) is 6.92 Å². The van der Waals surface area contributed by atoms with Gasteiger partial charge >= 0.3 is 0 Å². The van der Waals surface area contributed by atoms with Crippen LogP contribution < -0.4 is 0 Å². The minimum Gasteiger partial charge on any atom is -0.377 e. The molecular formula is C11H19NO. The highest BCUT2D eigenvalue weighted by Crippen LogP contribution is 2.24. The average molecular weight is 181 g/mol. The van der Waals surface area contributed by atoms with Gasteiger partial charge in [-0.05, 0) is 25.7 Å². The van der Waals surface area contributed by atoms with E-state index in [1.54, 1.807) is 0 Å². The molecule has 0 bridgehead atoms. The van der Waals surface area contributed by atoms with Crippen LogP contribution in [0.25, 0.3) is 0 Å². The number of hydrogen-bond acceptors (Lipinski definition) is 2. The monoisotopic (exact) mass is 181 g/mol. The van der Waals surface area contributed by atoms with Crippen LogP contribution in [-0.2, 0) is 4.74 Å². The SMILES string of the molecule is CC(CC#N)OCC1CCCCC1. The van der Waals surface area contributed by atoms with Crippen molar-refractivity contribution in [1.29, 1.82) is 5.26 Å². The van der Waals surface area contributed by atoms with E-state index in [2.05, 4.69) is 6.07 Å². The summed E-state index contributed by atoms with van der Waals surface area (Å²) in [6.45, 7) is 2.84. The first-order chi connectivity index (χ1) is 6.33. The average Bonchev–Trinajstić information content (AvgIpc) is 2.17. The van der Waals surface area contributed by atoms with Crippen LogP contribution in [0.15, 0.2) is 0 Å². The van der Waals surface area contributed by atoms with E-state index >= 15 is 0 Å². The van der Waals surface area contributed by atoms with Gasteiger partial charge in [0.25, 0.3) is 0 Å². The van der Waals surface area contributed by atoms with E-state index in [0.717, 1.165) is 12.5 Å². The summed E-state index contributed by atoms with van der Waals surface area (Å²) < 4.78 is 5.60. The molecule has 13 heavy (non-hydrogen) atoms. The topological polar surface area (TPSA) is 33.0 Å². The minimum absolute atomic E-state index is 0.118. The van der Waals surface area contributed by atoms with Crippen molar-refractivity contribution in [2.75, 3.05) is 6.61 Å². The van der Waals surface area contributed by atoms with Crippen LogP contribution in [0.4, 0.5) is 0 Å². The fourth-order valence-electron chi connectivity index (χ4n) is 1.84. The van der Waals surface area contributed by atoms with Crippen molar-refractivity contribution >= 4 is 0 Å². The normalized spacial score (nSPS) is 20.9. The van der Waals surface area contributed by atoms with E-state index in [-0.39, 0.29) is 6.10 Å². The third kappa shape index (κ3) is 4.28. The van der Waals surface area contributed by atoms with Crippen LogP contribution in [0, 0.1) is 17.2 Å². The smallest absolute Gasteiger partial charge is 0.0676 e. The molecule has 1 rings (SSSR count). The Morgan fingerprint density at radius 3 is 2.69 bits per heavy atom. The molecule has 1 unspecified atom stereocenters. The second kappa shape index (κ2) is 5.99. The fraction of sp³-hybridized carbons (Fsp3) is 0.909. The van der Waals surface area contributed by atoms with Crippen molar-refractivity contribution in [3.05, 3.63) is 0 Å². The van der Waals surface area contributed by atoms with Crippen LogP contribution >= 0.6 is 0 Å². The van der Waals surface area contributed by atoms with Crippen LogP contribution in [-0.4, -0.2) is 12.7 Å². The number of rotatable bonds is 4. The van der Waals surface area contributed by atoms with Crippen molar-refractivity contribution in [3.63, 3.8) is 0 Å². The lowest BCUT2D eigenvalue weighted by Crippen LogP contribution is -2.17. The molecule has 0 aromatic carbocycles. The lowest BCUT2D eigenvalue weighted by atomic mass is 9.90. The molecule has 1 atom stereocenters. The summed E-state index contributed by atoms with van der Waals surface area (Å²) in [7, 11) is 0. The molecule has 0 radical (unpaired) electrons. The van der Waals surface area contributed by atoms with Gasteiger partial charge < -0.3 is 4.74 Å². The quantitative estimate of drug-likeness (QED) is 0.668. The Kier molecular flexibility index (Phi) is 4.85. The standard InChI is InChI=1S/C11H19NO/c1-10(7-8-12)13-9-11-5-3-2-4-6-11/h10-11H,2-7,9H2,1H3. The molecule has 2 heteroatoms. The van der Waals surface area contributed by atoms with E-state index in [9.17, 15) is 0 Å². The van der Waals surface area contributed by atoms with Gasteiger partial charge in [-0.15, -0.1) is 0 Å². The summed E-state index contributed by atoms with van der Waals surface area (Å²) >= 11 is 0. The van der Waals surface area contributed by atoms with Gasteiger partial charge in [-0.2, -0.15) is 5.26 Å². The highest BCUT2D eigenvalue weighted by atomic mass is 16.5. The predicted octanol–water partition coefficient (Wildman–Crippen LogP) is 2.89. The molecule has 0 saturated heterocycles. The summed E-state index contributed by atoms with van der Waals surface area (Å²) in [4.78, 5) is 0. The Morgan fingerprint density at radius 1 is 1.38 bits per heavy atom. The second-order valence-corrected chi connectivity index (χ2v) is 4.01. The van der Waals surface area contributed by atoms with E-state index in [4.69, 9.17) is 10.00 Å². The first kappa shape index (κ1) is 10.5. The van der Waals surface area contributed by atoms with Crippen LogP contribution in [0.2, 0.25) is 0 Å². The molecule has 0 heterocycles. The second-order valence-electron chi connectivity index (χ2n) is 4.01. The van der Waals surface area contributed by atoms with Gasteiger partial charge in [-0.25, -0.2) is 0 Å². The third-order valence-corrected chi connectivity index (χ3v) is 2.72. The van der Waals surface area contributed by atoms with Gasteiger partial charge in [-0.3, -0.25) is 0 Å². The number of nitriles is 1. The molecule has 0 aliphatic heterocycles. The van der Waals surface area contributed by atoms with Gasteiger partial charge in [0, 0.05) is 6.61 Å². The molecule has 0 aromatic heterocycles. The first-order valence-corrected chi connectivity index (χ1v) is 5.31.